The standard InChI is InChI=1S/C6H8F2N2/c1-4(2)3-5(7)10-6(8)9/h3H,1H2,2H3,(H2,9,10)/b5-3-. The molecule has 10 heavy (non-hydrogen) atoms. The molecule has 0 aliphatic carbocycles. The summed E-state index contributed by atoms with van der Waals surface area (Å²) >= 11 is 0. The van der Waals surface area contributed by atoms with Gasteiger partial charge < -0.3 is 5.73 Å². The minimum atomic E-state index is -1.30. The Morgan fingerprint density at radius 1 is 1.60 bits per heavy atom. The first-order chi connectivity index (χ1) is 4.52. The Kier molecular flexibility index (Phi) is 3.32. The molecule has 0 aliphatic heterocycles. The molecule has 0 rings (SSSR count). The van der Waals surface area contributed by atoms with Gasteiger partial charge in [-0.05, 0) is 13.0 Å². The number of rotatable bonds is 2. The van der Waals surface area contributed by atoms with Crippen molar-refractivity contribution in [1.29, 1.82) is 0 Å². The lowest BCUT2D eigenvalue weighted by molar-refractivity contribution is 0.618. The van der Waals surface area contributed by atoms with E-state index in [4.69, 9.17) is 0 Å². The summed E-state index contributed by atoms with van der Waals surface area (Å²) in [7, 11) is 0. The van der Waals surface area contributed by atoms with Gasteiger partial charge in [0, 0.05) is 0 Å². The first-order valence-electron chi connectivity index (χ1n) is 2.54. The van der Waals surface area contributed by atoms with Crippen LogP contribution in [0.15, 0.2) is 29.2 Å². The molecule has 0 fully saturated rings. The van der Waals surface area contributed by atoms with E-state index >= 15 is 0 Å². The van der Waals surface area contributed by atoms with Crippen LogP contribution in [-0.4, -0.2) is 6.09 Å². The van der Waals surface area contributed by atoms with E-state index in [9.17, 15) is 8.78 Å². The lowest BCUT2D eigenvalue weighted by Crippen LogP contribution is -2.02. The molecule has 0 bridgehead atoms. The van der Waals surface area contributed by atoms with Gasteiger partial charge in [-0.1, -0.05) is 12.2 Å². The molecule has 0 aromatic carbocycles. The lowest BCUT2D eigenvalue weighted by atomic mass is 10.3. The highest BCUT2D eigenvalue weighted by Crippen LogP contribution is 2.02. The van der Waals surface area contributed by atoms with Crippen molar-refractivity contribution in [2.24, 2.45) is 10.7 Å². The minimum Gasteiger partial charge on any atom is -0.359 e. The number of hydrogen-bond acceptors (Lipinski definition) is 1. The van der Waals surface area contributed by atoms with Gasteiger partial charge in [-0.2, -0.15) is 13.8 Å². The third-order valence-corrected chi connectivity index (χ3v) is 0.579. The van der Waals surface area contributed by atoms with Gasteiger partial charge in [0.05, 0.1) is 0 Å². The molecule has 0 amide bonds. The second kappa shape index (κ2) is 3.76. The first kappa shape index (κ1) is 8.81. The van der Waals surface area contributed by atoms with E-state index < -0.39 is 12.0 Å². The van der Waals surface area contributed by atoms with Gasteiger partial charge in [-0.3, -0.25) is 0 Å². The zero-order chi connectivity index (χ0) is 8.15. The molecular formula is C6H8F2N2. The van der Waals surface area contributed by atoms with Crippen LogP contribution in [0.5, 0.6) is 0 Å². The monoisotopic (exact) mass is 146 g/mol. The van der Waals surface area contributed by atoms with E-state index in [-0.39, 0.29) is 0 Å². The number of hydrogen-bond donors (Lipinski definition) is 1. The van der Waals surface area contributed by atoms with Gasteiger partial charge in [0.2, 0.25) is 5.95 Å². The fraction of sp³-hybridized carbons (Fsp3) is 0.167. The van der Waals surface area contributed by atoms with E-state index in [1.165, 1.54) is 0 Å². The Morgan fingerprint density at radius 3 is 2.40 bits per heavy atom. The molecule has 4 heteroatoms. The fourth-order valence-electron chi connectivity index (χ4n) is 0.338. The van der Waals surface area contributed by atoms with Gasteiger partial charge in [0.15, 0.2) is 0 Å². The SMILES string of the molecule is C=C(C)/C=C(F)\N=C(/N)F. The molecule has 0 radical (unpaired) electrons. The Balaban J connectivity index is 4.22. The van der Waals surface area contributed by atoms with Crippen LogP contribution >= 0.6 is 0 Å². The minimum absolute atomic E-state index is 0.447. The van der Waals surface area contributed by atoms with Crippen molar-refractivity contribution in [3.8, 4) is 0 Å². The molecule has 0 unspecified atom stereocenters. The van der Waals surface area contributed by atoms with Crippen molar-refractivity contribution in [2.45, 2.75) is 6.92 Å². The highest BCUT2D eigenvalue weighted by atomic mass is 19.1. The molecule has 0 aromatic heterocycles. The zero-order valence-electron chi connectivity index (χ0n) is 5.56. The highest BCUT2D eigenvalue weighted by molar-refractivity contribution is 5.70. The summed E-state index contributed by atoms with van der Waals surface area (Å²) in [5, 5.41) is 0. The summed E-state index contributed by atoms with van der Waals surface area (Å²) in [4.78, 5) is 2.68. The van der Waals surface area contributed by atoms with Gasteiger partial charge in [-0.15, -0.1) is 0 Å². The van der Waals surface area contributed by atoms with Crippen LogP contribution in [0, 0.1) is 0 Å². The molecule has 2 N–H and O–H groups in total. The van der Waals surface area contributed by atoms with Crippen LogP contribution in [0.1, 0.15) is 6.92 Å². The maximum absolute atomic E-state index is 12.2. The predicted octanol–water partition coefficient (Wildman–Crippen LogP) is 1.66. The molecule has 0 aliphatic rings. The number of nitrogens with zero attached hydrogens (tertiary/aromatic N) is 1. The van der Waals surface area contributed by atoms with Crippen molar-refractivity contribution in [1.82, 2.24) is 0 Å². The molecule has 2 nitrogen and oxygen atoms in total. The van der Waals surface area contributed by atoms with Gasteiger partial charge in [-0.25, -0.2) is 0 Å². The molecule has 0 atom stereocenters. The van der Waals surface area contributed by atoms with Gasteiger partial charge >= 0.3 is 0 Å². The average Bonchev–Trinajstić information content (AvgIpc) is 1.58. The predicted molar refractivity (Wildman–Crippen MR) is 36.7 cm³/mol. The van der Waals surface area contributed by atoms with E-state index in [0.717, 1.165) is 6.08 Å². The van der Waals surface area contributed by atoms with Gasteiger partial charge in [0.1, 0.15) is 0 Å². The third kappa shape index (κ3) is 4.96. The number of amidine groups is 1. The van der Waals surface area contributed by atoms with Crippen molar-refractivity contribution < 1.29 is 8.78 Å². The summed E-state index contributed by atoms with van der Waals surface area (Å²) in [6.07, 6.45) is -0.318. The van der Waals surface area contributed by atoms with Crippen LogP contribution in [-0.2, 0) is 0 Å². The average molecular weight is 146 g/mol. The number of aliphatic imine (C=N–C) groups is 1. The number of halogens is 2. The van der Waals surface area contributed by atoms with Crippen LogP contribution in [0.2, 0.25) is 0 Å². The van der Waals surface area contributed by atoms with Crippen molar-refractivity contribution in [2.75, 3.05) is 0 Å². The van der Waals surface area contributed by atoms with Crippen molar-refractivity contribution in [3.05, 3.63) is 24.2 Å². The molecule has 0 spiro atoms. The van der Waals surface area contributed by atoms with E-state index in [1.807, 2.05) is 0 Å². The van der Waals surface area contributed by atoms with E-state index in [2.05, 4.69) is 17.3 Å². The summed E-state index contributed by atoms with van der Waals surface area (Å²) in [5.74, 6) is -0.979. The molecule has 0 saturated carbocycles. The molecule has 0 heterocycles. The fourth-order valence-corrected chi connectivity index (χ4v) is 0.338. The quantitative estimate of drug-likeness (QED) is 0.273. The third-order valence-electron chi connectivity index (χ3n) is 0.579. The Labute approximate surface area is 57.8 Å². The van der Waals surface area contributed by atoms with Gasteiger partial charge in [0.25, 0.3) is 6.09 Å². The van der Waals surface area contributed by atoms with Crippen molar-refractivity contribution in [3.63, 3.8) is 0 Å². The number of allylic oxidation sites excluding steroid dienone is 2. The van der Waals surface area contributed by atoms with Crippen LogP contribution in [0.25, 0.3) is 0 Å². The van der Waals surface area contributed by atoms with Crippen molar-refractivity contribution >= 4 is 6.09 Å². The van der Waals surface area contributed by atoms with E-state index in [1.54, 1.807) is 6.92 Å². The summed E-state index contributed by atoms with van der Waals surface area (Å²) in [6.45, 7) is 4.91. The normalized spacial score (nSPS) is 13.5. The van der Waals surface area contributed by atoms with Crippen LogP contribution in [0.4, 0.5) is 8.78 Å². The smallest absolute Gasteiger partial charge is 0.282 e. The summed E-state index contributed by atoms with van der Waals surface area (Å²) in [6, 6.07) is 0. The largest absolute Gasteiger partial charge is 0.359 e. The molecule has 0 saturated heterocycles. The Hall–Kier alpha value is -1.19. The topological polar surface area (TPSA) is 38.4 Å². The lowest BCUT2D eigenvalue weighted by Gasteiger charge is -1.86. The molecule has 56 valence electrons. The van der Waals surface area contributed by atoms with Crippen LogP contribution < -0.4 is 5.73 Å². The maximum atomic E-state index is 12.2. The number of nitrogens with two attached hydrogens (primary N) is 1. The Morgan fingerprint density at radius 2 is 2.10 bits per heavy atom. The molecule has 0 aromatic rings. The second-order valence-corrected chi connectivity index (χ2v) is 1.75. The van der Waals surface area contributed by atoms with E-state index in [0.29, 0.717) is 5.57 Å². The second-order valence-electron chi connectivity index (χ2n) is 1.75. The highest BCUT2D eigenvalue weighted by Gasteiger charge is 1.91. The summed E-state index contributed by atoms with van der Waals surface area (Å²) in [5.41, 5.74) is 4.89. The van der Waals surface area contributed by atoms with Crippen LogP contribution in [0.3, 0.4) is 0 Å². The Bertz CT molecular complexity index is 190. The summed E-state index contributed by atoms with van der Waals surface area (Å²) < 4.78 is 23.8. The molecular weight excluding hydrogens is 138 g/mol. The first-order valence-corrected chi connectivity index (χ1v) is 2.54. The zero-order valence-corrected chi connectivity index (χ0v) is 5.56. The maximum Gasteiger partial charge on any atom is 0.282 e.